The fraction of sp³-hybridized carbons (Fsp3) is 0.263. The van der Waals surface area contributed by atoms with E-state index in [4.69, 9.17) is 0 Å². The first-order chi connectivity index (χ1) is 11.6. The van der Waals surface area contributed by atoms with Gasteiger partial charge in [-0.3, -0.25) is 4.79 Å². The van der Waals surface area contributed by atoms with Gasteiger partial charge in [-0.1, -0.05) is 30.3 Å². The zero-order valence-electron chi connectivity index (χ0n) is 13.2. The van der Waals surface area contributed by atoms with Gasteiger partial charge in [-0.05, 0) is 36.1 Å². The molecule has 1 aliphatic heterocycles. The molecule has 0 saturated carbocycles. The Labute approximate surface area is 139 Å². The van der Waals surface area contributed by atoms with Crippen LogP contribution in [0.1, 0.15) is 33.5 Å². The lowest BCUT2D eigenvalue weighted by atomic mass is 9.98. The maximum absolute atomic E-state index is 13.9. The predicted molar refractivity (Wildman–Crippen MR) is 87.2 cm³/mol. The molecule has 0 saturated heterocycles. The summed E-state index contributed by atoms with van der Waals surface area (Å²) in [6, 6.07) is 11.7. The first kappa shape index (κ1) is 16.2. The molecule has 0 aromatic heterocycles. The van der Waals surface area contributed by atoms with E-state index in [1.54, 1.807) is 29.2 Å². The molecule has 5 heteroatoms. The summed E-state index contributed by atoms with van der Waals surface area (Å²) < 4.78 is 13.9. The van der Waals surface area contributed by atoms with Gasteiger partial charge in [0.05, 0.1) is 5.56 Å². The molecule has 24 heavy (non-hydrogen) atoms. The Morgan fingerprint density at radius 2 is 1.92 bits per heavy atom. The monoisotopic (exact) mass is 327 g/mol. The van der Waals surface area contributed by atoms with Crippen molar-refractivity contribution in [3.8, 4) is 0 Å². The maximum atomic E-state index is 13.9. The van der Waals surface area contributed by atoms with Gasteiger partial charge in [-0.25, -0.2) is 9.18 Å². The van der Waals surface area contributed by atoms with E-state index in [1.165, 1.54) is 12.1 Å². The summed E-state index contributed by atoms with van der Waals surface area (Å²) in [6.45, 7) is 0.845. The highest BCUT2D eigenvalue weighted by Crippen LogP contribution is 2.22. The predicted octanol–water partition coefficient (Wildman–Crippen LogP) is 3.04. The van der Waals surface area contributed by atoms with Crippen molar-refractivity contribution in [2.75, 3.05) is 6.54 Å². The molecular formula is C19H18FNO3. The fourth-order valence-electron chi connectivity index (χ4n) is 3.10. The molecular weight excluding hydrogens is 309 g/mol. The van der Waals surface area contributed by atoms with E-state index in [1.807, 2.05) is 6.07 Å². The van der Waals surface area contributed by atoms with E-state index in [2.05, 4.69) is 0 Å². The number of hydrogen-bond acceptors (Lipinski definition) is 2. The number of carboxylic acids is 1. The van der Waals surface area contributed by atoms with E-state index in [0.717, 1.165) is 5.56 Å². The molecule has 0 fully saturated rings. The van der Waals surface area contributed by atoms with Crippen molar-refractivity contribution >= 4 is 11.9 Å². The van der Waals surface area contributed by atoms with Gasteiger partial charge in [-0.15, -0.1) is 0 Å². The van der Waals surface area contributed by atoms with E-state index in [9.17, 15) is 19.1 Å². The van der Waals surface area contributed by atoms with Gasteiger partial charge >= 0.3 is 5.97 Å². The van der Waals surface area contributed by atoms with Gasteiger partial charge in [0.1, 0.15) is 5.82 Å². The molecule has 0 bridgehead atoms. The minimum absolute atomic E-state index is 0.0795. The lowest BCUT2D eigenvalue weighted by Crippen LogP contribution is -2.36. The summed E-state index contributed by atoms with van der Waals surface area (Å²) in [6.07, 6.45) is 1.22. The highest BCUT2D eigenvalue weighted by molar-refractivity contribution is 5.89. The Bertz CT molecular complexity index is 788. The molecule has 1 heterocycles. The van der Waals surface area contributed by atoms with Gasteiger partial charge < -0.3 is 10.0 Å². The van der Waals surface area contributed by atoms with Gasteiger partial charge in [0.2, 0.25) is 5.91 Å². The van der Waals surface area contributed by atoms with Crippen LogP contribution >= 0.6 is 0 Å². The van der Waals surface area contributed by atoms with Gasteiger partial charge in [0.25, 0.3) is 0 Å². The molecule has 1 N–H and O–H groups in total. The number of fused-ring (bicyclic) bond motifs is 1. The molecule has 124 valence electrons. The van der Waals surface area contributed by atoms with Crippen molar-refractivity contribution in [1.82, 2.24) is 4.90 Å². The van der Waals surface area contributed by atoms with Crippen molar-refractivity contribution in [3.63, 3.8) is 0 Å². The van der Waals surface area contributed by atoms with Crippen molar-refractivity contribution in [3.05, 3.63) is 70.5 Å². The molecule has 0 atom stereocenters. The molecule has 4 nitrogen and oxygen atoms in total. The van der Waals surface area contributed by atoms with Crippen LogP contribution in [0.25, 0.3) is 0 Å². The summed E-state index contributed by atoms with van der Waals surface area (Å²) in [5, 5.41) is 9.18. The quantitative estimate of drug-likeness (QED) is 0.939. The summed E-state index contributed by atoms with van der Waals surface area (Å²) in [5.74, 6) is -1.35. The lowest BCUT2D eigenvalue weighted by Gasteiger charge is -2.29. The van der Waals surface area contributed by atoms with E-state index >= 15 is 0 Å². The van der Waals surface area contributed by atoms with Crippen molar-refractivity contribution in [1.29, 1.82) is 0 Å². The van der Waals surface area contributed by atoms with Crippen LogP contribution in [0.3, 0.4) is 0 Å². The topological polar surface area (TPSA) is 57.6 Å². The Balaban J connectivity index is 1.67. The average Bonchev–Trinajstić information content (AvgIpc) is 2.60. The van der Waals surface area contributed by atoms with Gasteiger partial charge in [-0.2, -0.15) is 0 Å². The first-order valence-corrected chi connectivity index (χ1v) is 7.91. The van der Waals surface area contributed by atoms with E-state index in [0.29, 0.717) is 30.5 Å². The fourth-order valence-corrected chi connectivity index (χ4v) is 3.10. The SMILES string of the molecule is O=C(O)c1ccccc1CCC(=O)N1CCc2cccc(F)c2C1. The maximum Gasteiger partial charge on any atom is 0.335 e. The standard InChI is InChI=1S/C19H18FNO3/c20-17-7-3-5-14-10-11-21(12-16(14)17)18(22)9-8-13-4-1-2-6-15(13)19(23)24/h1-7H,8-12H2,(H,23,24). The Kier molecular flexibility index (Phi) is 4.60. The van der Waals surface area contributed by atoms with Crippen molar-refractivity contribution in [2.45, 2.75) is 25.8 Å². The second kappa shape index (κ2) is 6.83. The third-order valence-corrected chi connectivity index (χ3v) is 4.42. The molecule has 0 aliphatic carbocycles. The van der Waals surface area contributed by atoms with Crippen molar-refractivity contribution in [2.24, 2.45) is 0 Å². The third-order valence-electron chi connectivity index (χ3n) is 4.42. The van der Waals surface area contributed by atoms with Crippen LogP contribution in [0.2, 0.25) is 0 Å². The summed E-state index contributed by atoms with van der Waals surface area (Å²) >= 11 is 0. The Hall–Kier alpha value is -2.69. The molecule has 2 aromatic rings. The molecule has 3 rings (SSSR count). The number of halogens is 1. The van der Waals surface area contributed by atoms with Crippen LogP contribution < -0.4 is 0 Å². The second-order valence-electron chi connectivity index (χ2n) is 5.91. The number of carboxylic acid groups (broad SMARTS) is 1. The molecule has 1 aliphatic rings. The van der Waals surface area contributed by atoms with Crippen LogP contribution in [-0.2, 0) is 24.2 Å². The number of rotatable bonds is 4. The van der Waals surface area contributed by atoms with Gasteiger partial charge in [0.15, 0.2) is 0 Å². The number of hydrogen-bond donors (Lipinski definition) is 1. The number of amides is 1. The number of aryl methyl sites for hydroxylation is 1. The average molecular weight is 327 g/mol. The second-order valence-corrected chi connectivity index (χ2v) is 5.91. The number of carbonyl (C=O) groups is 2. The van der Waals surface area contributed by atoms with Crippen molar-refractivity contribution < 1.29 is 19.1 Å². The minimum Gasteiger partial charge on any atom is -0.478 e. The first-order valence-electron chi connectivity index (χ1n) is 7.91. The van der Waals surface area contributed by atoms with Crippen LogP contribution in [0, 0.1) is 5.82 Å². The largest absolute Gasteiger partial charge is 0.478 e. The van der Waals surface area contributed by atoms with Crippen LogP contribution in [0.15, 0.2) is 42.5 Å². The zero-order chi connectivity index (χ0) is 17.1. The lowest BCUT2D eigenvalue weighted by molar-refractivity contribution is -0.132. The normalized spacial score (nSPS) is 13.5. The van der Waals surface area contributed by atoms with Gasteiger partial charge in [0, 0.05) is 25.1 Å². The Morgan fingerprint density at radius 1 is 1.12 bits per heavy atom. The number of benzene rings is 2. The molecule has 1 amide bonds. The third kappa shape index (κ3) is 3.30. The minimum atomic E-state index is -0.994. The summed E-state index contributed by atoms with van der Waals surface area (Å²) in [5.41, 5.74) is 2.40. The molecule has 0 radical (unpaired) electrons. The molecule has 0 spiro atoms. The van der Waals surface area contributed by atoms with E-state index < -0.39 is 5.97 Å². The number of nitrogens with zero attached hydrogens (tertiary/aromatic N) is 1. The van der Waals surface area contributed by atoms with Crippen LogP contribution in [-0.4, -0.2) is 28.4 Å². The highest BCUT2D eigenvalue weighted by atomic mass is 19.1. The smallest absolute Gasteiger partial charge is 0.335 e. The molecule has 2 aromatic carbocycles. The number of carbonyl (C=O) groups excluding carboxylic acids is 1. The number of aromatic carboxylic acids is 1. The zero-order valence-corrected chi connectivity index (χ0v) is 13.2. The Morgan fingerprint density at radius 3 is 2.71 bits per heavy atom. The molecule has 0 unspecified atom stereocenters. The van der Waals surface area contributed by atoms with Crippen LogP contribution in [0.4, 0.5) is 4.39 Å². The van der Waals surface area contributed by atoms with Crippen LogP contribution in [0.5, 0.6) is 0 Å². The summed E-state index contributed by atoms with van der Waals surface area (Å²) in [4.78, 5) is 25.3. The van der Waals surface area contributed by atoms with E-state index in [-0.39, 0.29) is 30.3 Å². The summed E-state index contributed by atoms with van der Waals surface area (Å²) in [7, 11) is 0. The highest BCUT2D eigenvalue weighted by Gasteiger charge is 2.23.